The minimum Gasteiger partial charge on any atom is -0.198 e. The zero-order chi connectivity index (χ0) is 6.12. The van der Waals surface area contributed by atoms with Crippen molar-refractivity contribution in [3.63, 3.8) is 0 Å². The molecule has 0 saturated carbocycles. The van der Waals surface area contributed by atoms with Gasteiger partial charge >= 0.3 is 0 Å². The summed E-state index contributed by atoms with van der Waals surface area (Å²) in [5.41, 5.74) is 0. The Bertz CT molecular complexity index is 42.6. The van der Waals surface area contributed by atoms with E-state index in [4.69, 9.17) is 5.26 Å². The average Bonchev–Trinajstić information content (AvgIpc) is 1.69. The van der Waals surface area contributed by atoms with Crippen LogP contribution in [0.3, 0.4) is 0 Å². The monoisotopic (exact) mass is 99.1 g/mol. The van der Waals surface area contributed by atoms with Crippen molar-refractivity contribution in [2.24, 2.45) is 0 Å². The van der Waals surface area contributed by atoms with Gasteiger partial charge in [-0.1, -0.05) is 27.2 Å². The van der Waals surface area contributed by atoms with Crippen molar-refractivity contribution in [2.45, 2.75) is 33.6 Å². The maximum absolute atomic E-state index is 7.62. The van der Waals surface area contributed by atoms with Gasteiger partial charge in [0.05, 0.1) is 6.07 Å². The van der Waals surface area contributed by atoms with Crippen molar-refractivity contribution >= 4 is 0 Å². The van der Waals surface area contributed by atoms with Crippen LogP contribution in [-0.4, -0.2) is 0 Å². The van der Waals surface area contributed by atoms with Crippen molar-refractivity contribution in [3.8, 4) is 6.07 Å². The summed E-state index contributed by atoms with van der Waals surface area (Å²) in [6, 6.07) is 1.93. The van der Waals surface area contributed by atoms with E-state index in [9.17, 15) is 0 Å². The van der Waals surface area contributed by atoms with Crippen LogP contribution < -0.4 is 0 Å². The highest BCUT2D eigenvalue weighted by atomic mass is 14.2. The van der Waals surface area contributed by atoms with E-state index in [1.54, 1.807) is 0 Å². The highest BCUT2D eigenvalue weighted by molar-refractivity contribution is 4.61. The molecule has 0 aromatic carbocycles. The van der Waals surface area contributed by atoms with E-state index in [-0.39, 0.29) is 0 Å². The van der Waals surface area contributed by atoms with Gasteiger partial charge in [-0.3, -0.25) is 0 Å². The largest absolute Gasteiger partial charge is 0.198 e. The normalized spacial score (nSPS) is 5.43. The molecule has 0 rings (SSSR count). The van der Waals surface area contributed by atoms with Crippen molar-refractivity contribution in [2.75, 3.05) is 0 Å². The highest BCUT2D eigenvalue weighted by Gasteiger charge is 1.49. The third-order valence-corrected chi connectivity index (χ3v) is 0.158. The van der Waals surface area contributed by atoms with E-state index < -0.39 is 0 Å². The maximum atomic E-state index is 7.62. The van der Waals surface area contributed by atoms with E-state index in [0.717, 1.165) is 0 Å². The second-order valence-electron chi connectivity index (χ2n) is 1.22. The molecule has 0 N–H and O–H groups in total. The lowest BCUT2D eigenvalue weighted by Gasteiger charge is -1.48. The highest BCUT2D eigenvalue weighted by Crippen LogP contribution is 1.58. The molecule has 42 valence electrons. The molecule has 0 aromatic heterocycles. The van der Waals surface area contributed by atoms with Gasteiger partial charge in [0.1, 0.15) is 0 Å². The smallest absolute Gasteiger partial charge is 0.0618 e. The topological polar surface area (TPSA) is 23.8 Å². The Morgan fingerprint density at radius 2 is 1.43 bits per heavy atom. The number of hydrogen-bond donors (Lipinski definition) is 0. The first kappa shape index (κ1) is 9.70. The SMILES string of the molecule is CCC.CCC#N. The minimum atomic E-state index is 0.625. The molecule has 1 nitrogen and oxygen atoms in total. The fourth-order valence-electron chi connectivity index (χ4n) is 0. The molecule has 0 saturated heterocycles. The summed E-state index contributed by atoms with van der Waals surface area (Å²) in [5, 5.41) is 7.62. The molecule has 0 fully saturated rings. The summed E-state index contributed by atoms with van der Waals surface area (Å²) in [6.45, 7) is 6.07. The molecule has 0 atom stereocenters. The van der Waals surface area contributed by atoms with Gasteiger partial charge < -0.3 is 0 Å². The molecule has 0 aliphatic carbocycles. The standard InChI is InChI=1S/C3H5N.C3H8/c1-2-3-4;1-3-2/h2H2,1H3;3H2,1-2H3. The van der Waals surface area contributed by atoms with Crippen LogP contribution in [0.2, 0.25) is 0 Å². The second-order valence-corrected chi connectivity index (χ2v) is 1.22. The van der Waals surface area contributed by atoms with Gasteiger partial charge in [0, 0.05) is 6.42 Å². The Kier molecular flexibility index (Phi) is 24.7. The number of nitrogens with zero attached hydrogens (tertiary/aromatic N) is 1. The molecular weight excluding hydrogens is 86.1 g/mol. The first-order chi connectivity index (χ1) is 3.33. The predicted octanol–water partition coefficient (Wildman–Crippen LogP) is 2.34. The van der Waals surface area contributed by atoms with Crippen LogP contribution in [0.25, 0.3) is 0 Å². The van der Waals surface area contributed by atoms with Gasteiger partial charge in [0.15, 0.2) is 0 Å². The Balaban J connectivity index is 0. The van der Waals surface area contributed by atoms with Crippen LogP contribution in [-0.2, 0) is 0 Å². The lowest BCUT2D eigenvalue weighted by Crippen LogP contribution is -1.38. The molecule has 0 unspecified atom stereocenters. The van der Waals surface area contributed by atoms with Crippen LogP contribution in [0.15, 0.2) is 0 Å². The summed E-state index contributed by atoms with van der Waals surface area (Å²) in [4.78, 5) is 0. The van der Waals surface area contributed by atoms with Gasteiger partial charge in [-0.2, -0.15) is 5.26 Å². The van der Waals surface area contributed by atoms with Crippen molar-refractivity contribution in [1.82, 2.24) is 0 Å². The quantitative estimate of drug-likeness (QED) is 0.457. The maximum Gasteiger partial charge on any atom is 0.0618 e. The van der Waals surface area contributed by atoms with Crippen LogP contribution >= 0.6 is 0 Å². The molecule has 0 aromatic rings. The van der Waals surface area contributed by atoms with E-state index in [1.807, 2.05) is 13.0 Å². The number of nitriles is 1. The second kappa shape index (κ2) is 17.9. The van der Waals surface area contributed by atoms with Crippen molar-refractivity contribution < 1.29 is 0 Å². The summed E-state index contributed by atoms with van der Waals surface area (Å²) < 4.78 is 0. The van der Waals surface area contributed by atoms with E-state index >= 15 is 0 Å². The van der Waals surface area contributed by atoms with Gasteiger partial charge in [0.25, 0.3) is 0 Å². The van der Waals surface area contributed by atoms with Gasteiger partial charge in [-0.05, 0) is 0 Å². The summed E-state index contributed by atoms with van der Waals surface area (Å²) in [6.07, 6.45) is 1.88. The molecular formula is C6H13N. The molecule has 7 heavy (non-hydrogen) atoms. The van der Waals surface area contributed by atoms with Crippen molar-refractivity contribution in [3.05, 3.63) is 0 Å². The van der Waals surface area contributed by atoms with Crippen LogP contribution in [0, 0.1) is 11.3 Å². The van der Waals surface area contributed by atoms with E-state index in [2.05, 4.69) is 13.8 Å². The van der Waals surface area contributed by atoms with Crippen molar-refractivity contribution in [1.29, 1.82) is 5.26 Å². The fraction of sp³-hybridized carbons (Fsp3) is 0.833. The third-order valence-electron chi connectivity index (χ3n) is 0.158. The molecule has 0 bridgehead atoms. The first-order valence-corrected chi connectivity index (χ1v) is 2.70. The molecule has 1 heteroatoms. The average molecular weight is 99.2 g/mol. The molecule has 0 amide bonds. The molecule has 0 aliphatic rings. The molecule has 0 spiro atoms. The Labute approximate surface area is 46.0 Å². The number of rotatable bonds is 0. The Morgan fingerprint density at radius 3 is 1.43 bits per heavy atom. The van der Waals surface area contributed by atoms with Crippen LogP contribution in [0.4, 0.5) is 0 Å². The molecule has 0 radical (unpaired) electrons. The first-order valence-electron chi connectivity index (χ1n) is 2.70. The lowest BCUT2D eigenvalue weighted by atomic mass is 10.6. The van der Waals surface area contributed by atoms with Gasteiger partial charge in [-0.15, -0.1) is 0 Å². The summed E-state index contributed by atoms with van der Waals surface area (Å²) in [7, 11) is 0. The predicted molar refractivity (Wildman–Crippen MR) is 31.9 cm³/mol. The van der Waals surface area contributed by atoms with E-state index in [0.29, 0.717) is 6.42 Å². The van der Waals surface area contributed by atoms with Gasteiger partial charge in [-0.25, -0.2) is 0 Å². The summed E-state index contributed by atoms with van der Waals surface area (Å²) in [5.74, 6) is 0. The molecule has 0 aliphatic heterocycles. The fourth-order valence-corrected chi connectivity index (χ4v) is 0. The molecule has 0 heterocycles. The van der Waals surface area contributed by atoms with Gasteiger partial charge in [0.2, 0.25) is 0 Å². The Morgan fingerprint density at radius 1 is 1.29 bits per heavy atom. The Hall–Kier alpha value is -0.510. The lowest BCUT2D eigenvalue weighted by molar-refractivity contribution is 1.09. The van der Waals surface area contributed by atoms with Crippen LogP contribution in [0.5, 0.6) is 0 Å². The minimum absolute atomic E-state index is 0.625. The zero-order valence-electron chi connectivity index (χ0n) is 5.36. The third kappa shape index (κ3) is 279. The van der Waals surface area contributed by atoms with E-state index in [1.165, 1.54) is 6.42 Å². The summed E-state index contributed by atoms with van der Waals surface area (Å²) >= 11 is 0. The van der Waals surface area contributed by atoms with Crippen LogP contribution in [0.1, 0.15) is 33.6 Å². The number of hydrogen-bond acceptors (Lipinski definition) is 1. The zero-order valence-corrected chi connectivity index (χ0v) is 5.36.